The number of rotatable bonds is 6. The number of hydrogen-bond acceptors (Lipinski definition) is 6. The molecule has 7 heteroatoms. The van der Waals surface area contributed by atoms with E-state index in [-0.39, 0.29) is 5.91 Å². The average molecular weight is 331 g/mol. The normalized spacial score (nSPS) is 16.7. The van der Waals surface area contributed by atoms with Gasteiger partial charge in [0.05, 0.1) is 5.69 Å². The summed E-state index contributed by atoms with van der Waals surface area (Å²) in [6, 6.07) is 1.77. The molecule has 0 spiro atoms. The summed E-state index contributed by atoms with van der Waals surface area (Å²) in [6.45, 7) is 2.94. The van der Waals surface area contributed by atoms with Gasteiger partial charge >= 0.3 is 0 Å². The predicted octanol–water partition coefficient (Wildman–Crippen LogP) is 2.89. The van der Waals surface area contributed by atoms with Crippen LogP contribution in [0.15, 0.2) is 18.5 Å². The molecule has 3 rings (SSSR count). The summed E-state index contributed by atoms with van der Waals surface area (Å²) in [5.74, 6) is 1.33. The molecule has 6 nitrogen and oxygen atoms in total. The number of carbonyl (C=O) groups excluding carboxylic acids is 1. The maximum absolute atomic E-state index is 12.0. The van der Waals surface area contributed by atoms with Crippen molar-refractivity contribution in [3.8, 4) is 0 Å². The van der Waals surface area contributed by atoms with Gasteiger partial charge in [0.1, 0.15) is 0 Å². The predicted molar refractivity (Wildman–Crippen MR) is 91.7 cm³/mol. The molecule has 2 N–H and O–H groups in total. The number of aromatic nitrogens is 3. The van der Waals surface area contributed by atoms with Crippen molar-refractivity contribution in [3.63, 3.8) is 0 Å². The van der Waals surface area contributed by atoms with Crippen LogP contribution < -0.4 is 10.6 Å². The molecule has 0 fully saturated rings. The smallest absolute Gasteiger partial charge is 0.226 e. The quantitative estimate of drug-likeness (QED) is 0.796. The Kier molecular flexibility index (Phi) is 5.17. The van der Waals surface area contributed by atoms with Crippen molar-refractivity contribution >= 4 is 28.3 Å². The van der Waals surface area contributed by atoms with Gasteiger partial charge in [-0.3, -0.25) is 4.79 Å². The van der Waals surface area contributed by atoms with Crippen molar-refractivity contribution in [1.82, 2.24) is 15.0 Å². The van der Waals surface area contributed by atoms with Crippen molar-refractivity contribution < 1.29 is 4.79 Å². The highest BCUT2D eigenvalue weighted by molar-refractivity contribution is 7.15. The van der Waals surface area contributed by atoms with Crippen LogP contribution in [0.2, 0.25) is 0 Å². The molecule has 1 aliphatic rings. The zero-order chi connectivity index (χ0) is 16.1. The third kappa shape index (κ3) is 4.48. The van der Waals surface area contributed by atoms with Crippen LogP contribution in [0.3, 0.4) is 0 Å². The van der Waals surface area contributed by atoms with E-state index < -0.39 is 0 Å². The molecule has 0 radical (unpaired) electrons. The van der Waals surface area contributed by atoms with E-state index in [9.17, 15) is 4.79 Å². The Labute approximate surface area is 139 Å². The van der Waals surface area contributed by atoms with Gasteiger partial charge in [0, 0.05) is 30.2 Å². The molecule has 2 aromatic heterocycles. The van der Waals surface area contributed by atoms with E-state index >= 15 is 0 Å². The number of hydrogen-bond donors (Lipinski definition) is 2. The van der Waals surface area contributed by atoms with Gasteiger partial charge < -0.3 is 10.6 Å². The van der Waals surface area contributed by atoms with Crippen molar-refractivity contribution in [2.75, 3.05) is 17.2 Å². The third-order valence-electron chi connectivity index (χ3n) is 3.86. The number of aryl methyl sites for hydroxylation is 1. The lowest BCUT2D eigenvalue weighted by Gasteiger charge is -2.15. The Morgan fingerprint density at radius 1 is 1.39 bits per heavy atom. The summed E-state index contributed by atoms with van der Waals surface area (Å²) in [4.78, 5) is 26.0. The van der Waals surface area contributed by atoms with Gasteiger partial charge in [-0.05, 0) is 37.7 Å². The zero-order valence-electron chi connectivity index (χ0n) is 13.2. The van der Waals surface area contributed by atoms with Crippen LogP contribution in [0.25, 0.3) is 0 Å². The Morgan fingerprint density at radius 2 is 2.22 bits per heavy atom. The van der Waals surface area contributed by atoms with Gasteiger partial charge in [-0.1, -0.05) is 6.92 Å². The summed E-state index contributed by atoms with van der Waals surface area (Å²) in [5.41, 5.74) is 1.17. The van der Waals surface area contributed by atoms with Crippen LogP contribution in [0.1, 0.15) is 36.8 Å². The van der Waals surface area contributed by atoms with Crippen molar-refractivity contribution in [3.05, 3.63) is 29.0 Å². The first-order chi connectivity index (χ1) is 11.2. The van der Waals surface area contributed by atoms with Gasteiger partial charge in [-0.2, -0.15) is 0 Å². The summed E-state index contributed by atoms with van der Waals surface area (Å²) in [7, 11) is 0. The molecule has 2 heterocycles. The first-order valence-electron chi connectivity index (χ1n) is 8.00. The fourth-order valence-electron chi connectivity index (χ4n) is 2.61. The van der Waals surface area contributed by atoms with Gasteiger partial charge in [-0.15, -0.1) is 11.3 Å². The average Bonchev–Trinajstić information content (AvgIpc) is 2.94. The van der Waals surface area contributed by atoms with E-state index in [4.69, 9.17) is 0 Å². The second-order valence-electron chi connectivity index (χ2n) is 5.89. The second kappa shape index (κ2) is 7.50. The van der Waals surface area contributed by atoms with Gasteiger partial charge in [0.25, 0.3) is 0 Å². The topological polar surface area (TPSA) is 79.8 Å². The lowest BCUT2D eigenvalue weighted by atomic mass is 9.93. The number of amides is 1. The maximum atomic E-state index is 12.0. The van der Waals surface area contributed by atoms with Crippen molar-refractivity contribution in [1.29, 1.82) is 0 Å². The molecular formula is C16H21N5OS. The van der Waals surface area contributed by atoms with E-state index in [2.05, 4.69) is 32.5 Å². The molecule has 0 saturated heterocycles. The van der Waals surface area contributed by atoms with Gasteiger partial charge in [-0.25, -0.2) is 15.0 Å². The number of nitrogens with one attached hydrogen (secondary N) is 2. The second-order valence-corrected chi connectivity index (χ2v) is 6.97. The lowest BCUT2D eigenvalue weighted by Crippen LogP contribution is -2.14. The molecular weight excluding hydrogens is 310 g/mol. The fraction of sp³-hybridized carbons (Fsp3) is 0.500. The minimum Gasteiger partial charge on any atom is -0.354 e. The monoisotopic (exact) mass is 331 g/mol. The Balaban J connectivity index is 1.41. The summed E-state index contributed by atoms with van der Waals surface area (Å²) >= 11 is 1.62. The maximum Gasteiger partial charge on any atom is 0.226 e. The molecule has 23 heavy (non-hydrogen) atoms. The summed E-state index contributed by atoms with van der Waals surface area (Å²) in [6.07, 6.45) is 7.87. The molecule has 122 valence electrons. The van der Waals surface area contributed by atoms with Gasteiger partial charge in [0.15, 0.2) is 5.13 Å². The highest BCUT2D eigenvalue weighted by Gasteiger charge is 2.20. The number of fused-ring (bicyclic) bond motifs is 1. The molecule has 1 aliphatic carbocycles. The number of anilines is 2. The third-order valence-corrected chi connectivity index (χ3v) is 4.90. The zero-order valence-corrected chi connectivity index (χ0v) is 14.0. The Bertz CT molecular complexity index is 658. The molecule has 1 atom stereocenters. The van der Waals surface area contributed by atoms with Crippen LogP contribution in [-0.2, 0) is 17.6 Å². The Hall–Kier alpha value is -2.02. The molecule has 0 aliphatic heterocycles. The molecule has 1 amide bonds. The van der Waals surface area contributed by atoms with E-state index in [0.717, 1.165) is 30.3 Å². The molecule has 2 aromatic rings. The minimum atomic E-state index is 0.0138. The van der Waals surface area contributed by atoms with E-state index in [1.807, 2.05) is 0 Å². The lowest BCUT2D eigenvalue weighted by molar-refractivity contribution is -0.116. The van der Waals surface area contributed by atoms with Crippen molar-refractivity contribution in [2.24, 2.45) is 5.92 Å². The van der Waals surface area contributed by atoms with Crippen LogP contribution in [0, 0.1) is 5.92 Å². The van der Waals surface area contributed by atoms with E-state index in [1.165, 1.54) is 17.0 Å². The van der Waals surface area contributed by atoms with Crippen molar-refractivity contribution in [2.45, 2.75) is 39.0 Å². The molecule has 0 saturated carbocycles. The highest BCUT2D eigenvalue weighted by atomic mass is 32.1. The minimum absolute atomic E-state index is 0.0138. The number of carbonyl (C=O) groups is 1. The summed E-state index contributed by atoms with van der Waals surface area (Å²) in [5, 5.41) is 6.76. The van der Waals surface area contributed by atoms with Crippen LogP contribution >= 0.6 is 11.3 Å². The van der Waals surface area contributed by atoms with Crippen LogP contribution in [0.4, 0.5) is 11.1 Å². The SMILES string of the molecule is C[C@H]1CCc2nc(NC(=O)CCCNc3ncccn3)sc2C1. The van der Waals surface area contributed by atoms with Crippen LogP contribution in [-0.4, -0.2) is 27.4 Å². The van der Waals surface area contributed by atoms with E-state index in [0.29, 0.717) is 18.9 Å². The number of thiazole rings is 1. The largest absolute Gasteiger partial charge is 0.354 e. The van der Waals surface area contributed by atoms with Crippen LogP contribution in [0.5, 0.6) is 0 Å². The molecule has 0 bridgehead atoms. The first kappa shape index (κ1) is 15.9. The number of nitrogens with zero attached hydrogens (tertiary/aromatic N) is 3. The Morgan fingerprint density at radius 3 is 3.04 bits per heavy atom. The van der Waals surface area contributed by atoms with E-state index in [1.54, 1.807) is 29.8 Å². The molecule has 0 aromatic carbocycles. The van der Waals surface area contributed by atoms with Gasteiger partial charge in [0.2, 0.25) is 11.9 Å². The standard InChI is InChI=1S/C16H21N5OS/c1-11-5-6-12-13(10-11)23-16(20-12)21-14(22)4-2-7-17-15-18-8-3-9-19-15/h3,8-9,11H,2,4-7,10H2,1H3,(H,17,18,19)(H,20,21,22)/t11-/m0/s1. The highest BCUT2D eigenvalue weighted by Crippen LogP contribution is 2.32. The fourth-order valence-corrected chi connectivity index (χ4v) is 3.80. The summed E-state index contributed by atoms with van der Waals surface area (Å²) < 4.78 is 0. The first-order valence-corrected chi connectivity index (χ1v) is 8.81. The molecule has 0 unspecified atom stereocenters.